The van der Waals surface area contributed by atoms with E-state index in [4.69, 9.17) is 4.74 Å². The minimum Gasteiger partial charge on any atom is -0.496 e. The van der Waals surface area contributed by atoms with E-state index in [1.165, 1.54) is 4.31 Å². The van der Waals surface area contributed by atoms with Crippen LogP contribution in [-0.2, 0) is 10.0 Å². The summed E-state index contributed by atoms with van der Waals surface area (Å²) in [4.78, 5) is 14.8. The number of ether oxygens (including phenoxy) is 1. The third-order valence-corrected chi connectivity index (χ3v) is 6.47. The van der Waals surface area contributed by atoms with Gasteiger partial charge in [0.25, 0.3) is 5.91 Å². The van der Waals surface area contributed by atoms with E-state index in [0.29, 0.717) is 24.4 Å². The first-order chi connectivity index (χ1) is 12.4. The molecule has 1 fully saturated rings. The molecule has 0 N–H and O–H groups in total. The van der Waals surface area contributed by atoms with E-state index in [0.717, 1.165) is 5.56 Å². The van der Waals surface area contributed by atoms with Gasteiger partial charge in [0.2, 0.25) is 10.0 Å². The summed E-state index contributed by atoms with van der Waals surface area (Å²) in [6.45, 7) is 3.14. The quantitative estimate of drug-likeness (QED) is 0.822. The van der Waals surface area contributed by atoms with Crippen LogP contribution in [0.25, 0.3) is 0 Å². The Morgan fingerprint density at radius 2 is 1.62 bits per heavy atom. The highest BCUT2D eigenvalue weighted by atomic mass is 32.2. The average Bonchev–Trinajstić information content (AvgIpc) is 2.68. The number of hydrogen-bond donors (Lipinski definition) is 0. The topological polar surface area (TPSA) is 66.9 Å². The van der Waals surface area contributed by atoms with Crippen molar-refractivity contribution in [1.82, 2.24) is 9.21 Å². The SMILES string of the molecule is COc1c(C)cccc1C(=O)N1CCN(S(=O)(=O)c2ccccc2)CC1. The van der Waals surface area contributed by atoms with Crippen molar-refractivity contribution >= 4 is 15.9 Å². The van der Waals surface area contributed by atoms with E-state index in [-0.39, 0.29) is 23.9 Å². The van der Waals surface area contributed by atoms with Crippen molar-refractivity contribution in [2.45, 2.75) is 11.8 Å². The van der Waals surface area contributed by atoms with Crippen molar-refractivity contribution in [2.24, 2.45) is 0 Å². The third-order valence-electron chi connectivity index (χ3n) is 4.55. The highest BCUT2D eigenvalue weighted by Gasteiger charge is 2.31. The van der Waals surface area contributed by atoms with Crippen molar-refractivity contribution in [3.05, 3.63) is 59.7 Å². The summed E-state index contributed by atoms with van der Waals surface area (Å²) in [5.41, 5.74) is 1.40. The molecule has 0 aliphatic carbocycles. The van der Waals surface area contributed by atoms with Crippen molar-refractivity contribution in [3.63, 3.8) is 0 Å². The maximum atomic E-state index is 12.8. The molecule has 7 heteroatoms. The highest BCUT2D eigenvalue weighted by molar-refractivity contribution is 7.89. The number of piperazine rings is 1. The number of sulfonamides is 1. The van der Waals surface area contributed by atoms with Crippen LogP contribution >= 0.6 is 0 Å². The number of hydrogen-bond acceptors (Lipinski definition) is 4. The predicted molar refractivity (Wildman–Crippen MR) is 98.8 cm³/mol. The van der Waals surface area contributed by atoms with Gasteiger partial charge in [-0.3, -0.25) is 4.79 Å². The van der Waals surface area contributed by atoms with E-state index >= 15 is 0 Å². The van der Waals surface area contributed by atoms with Gasteiger partial charge in [-0.2, -0.15) is 4.31 Å². The molecule has 0 radical (unpaired) electrons. The van der Waals surface area contributed by atoms with Gasteiger partial charge in [-0.25, -0.2) is 8.42 Å². The zero-order chi connectivity index (χ0) is 18.7. The number of methoxy groups -OCH3 is 1. The van der Waals surface area contributed by atoms with Crippen LogP contribution < -0.4 is 4.74 Å². The van der Waals surface area contributed by atoms with Crippen LogP contribution in [0.5, 0.6) is 5.75 Å². The molecule has 3 rings (SSSR count). The van der Waals surface area contributed by atoms with Crippen molar-refractivity contribution in [1.29, 1.82) is 0 Å². The number of carbonyl (C=O) groups excluding carboxylic acids is 1. The predicted octanol–water partition coefficient (Wildman–Crippen LogP) is 2.15. The lowest BCUT2D eigenvalue weighted by Gasteiger charge is -2.34. The number of rotatable bonds is 4. The molecule has 6 nitrogen and oxygen atoms in total. The molecule has 2 aromatic rings. The number of carbonyl (C=O) groups is 1. The Labute approximate surface area is 154 Å². The molecule has 2 aromatic carbocycles. The Morgan fingerprint density at radius 1 is 0.962 bits per heavy atom. The first kappa shape index (κ1) is 18.4. The molecule has 1 aliphatic heterocycles. The summed E-state index contributed by atoms with van der Waals surface area (Å²) in [7, 11) is -1.98. The third kappa shape index (κ3) is 3.45. The second-order valence-corrected chi connectivity index (χ2v) is 8.10. The highest BCUT2D eigenvalue weighted by Crippen LogP contribution is 2.25. The number of amides is 1. The largest absolute Gasteiger partial charge is 0.496 e. The van der Waals surface area contributed by atoms with Crippen LogP contribution in [-0.4, -0.2) is 56.8 Å². The van der Waals surface area contributed by atoms with Crippen molar-refractivity contribution in [2.75, 3.05) is 33.3 Å². The van der Waals surface area contributed by atoms with Gasteiger partial charge in [0.15, 0.2) is 0 Å². The fourth-order valence-electron chi connectivity index (χ4n) is 3.14. The van der Waals surface area contributed by atoms with Gasteiger partial charge >= 0.3 is 0 Å². The Hall–Kier alpha value is -2.38. The van der Waals surface area contributed by atoms with Gasteiger partial charge in [-0.1, -0.05) is 30.3 Å². The maximum absolute atomic E-state index is 12.8. The molecule has 26 heavy (non-hydrogen) atoms. The van der Waals surface area contributed by atoms with Crippen LogP contribution in [0.4, 0.5) is 0 Å². The van der Waals surface area contributed by atoms with E-state index < -0.39 is 10.0 Å². The Kier molecular flexibility index (Phi) is 5.29. The number of aryl methyl sites for hydroxylation is 1. The second-order valence-electron chi connectivity index (χ2n) is 6.17. The minimum atomic E-state index is -3.52. The van der Waals surface area contributed by atoms with Crippen LogP contribution in [0.15, 0.2) is 53.4 Å². The lowest BCUT2D eigenvalue weighted by atomic mass is 10.1. The lowest BCUT2D eigenvalue weighted by Crippen LogP contribution is -2.50. The van der Waals surface area contributed by atoms with Crippen LogP contribution in [0.1, 0.15) is 15.9 Å². The first-order valence-electron chi connectivity index (χ1n) is 8.43. The normalized spacial score (nSPS) is 15.7. The Balaban J connectivity index is 1.73. The van der Waals surface area contributed by atoms with Gasteiger partial charge in [0.05, 0.1) is 17.6 Å². The monoisotopic (exact) mass is 374 g/mol. The molecule has 0 atom stereocenters. The molecule has 0 aromatic heterocycles. The molecule has 1 heterocycles. The molecular formula is C19H22N2O4S. The fraction of sp³-hybridized carbons (Fsp3) is 0.316. The zero-order valence-electron chi connectivity index (χ0n) is 14.9. The average molecular weight is 374 g/mol. The smallest absolute Gasteiger partial charge is 0.257 e. The van der Waals surface area contributed by atoms with Crippen LogP contribution in [0.3, 0.4) is 0 Å². The molecule has 0 saturated carbocycles. The summed E-state index contributed by atoms with van der Waals surface area (Å²) in [5.74, 6) is 0.430. The lowest BCUT2D eigenvalue weighted by molar-refractivity contribution is 0.0694. The Morgan fingerprint density at radius 3 is 2.23 bits per heavy atom. The molecule has 0 spiro atoms. The molecular weight excluding hydrogens is 352 g/mol. The number of benzene rings is 2. The van der Waals surface area contributed by atoms with Crippen LogP contribution in [0, 0.1) is 6.92 Å². The number of para-hydroxylation sites is 1. The van der Waals surface area contributed by atoms with Crippen molar-refractivity contribution in [3.8, 4) is 5.75 Å². The van der Waals surface area contributed by atoms with Gasteiger partial charge in [0, 0.05) is 26.2 Å². The first-order valence-corrected chi connectivity index (χ1v) is 9.87. The van der Waals surface area contributed by atoms with Gasteiger partial charge < -0.3 is 9.64 Å². The van der Waals surface area contributed by atoms with E-state index in [9.17, 15) is 13.2 Å². The summed E-state index contributed by atoms with van der Waals surface area (Å²) in [5, 5.41) is 0. The Bertz CT molecular complexity index is 889. The molecule has 0 bridgehead atoms. The number of nitrogens with zero attached hydrogens (tertiary/aromatic N) is 2. The molecule has 138 valence electrons. The van der Waals surface area contributed by atoms with Gasteiger partial charge in [-0.15, -0.1) is 0 Å². The second kappa shape index (κ2) is 7.47. The summed E-state index contributed by atoms with van der Waals surface area (Å²) >= 11 is 0. The molecule has 1 aliphatic rings. The van der Waals surface area contributed by atoms with E-state index in [2.05, 4.69) is 0 Å². The van der Waals surface area contributed by atoms with Gasteiger partial charge in [0.1, 0.15) is 5.75 Å². The maximum Gasteiger partial charge on any atom is 0.257 e. The van der Waals surface area contributed by atoms with E-state index in [1.54, 1.807) is 48.4 Å². The standard InChI is InChI=1S/C19H22N2O4S/c1-15-7-6-10-17(18(15)25-2)19(22)20-11-13-21(14-12-20)26(23,24)16-8-4-3-5-9-16/h3-10H,11-14H2,1-2H3. The minimum absolute atomic E-state index is 0.137. The van der Waals surface area contributed by atoms with Crippen LogP contribution in [0.2, 0.25) is 0 Å². The van der Waals surface area contributed by atoms with Crippen molar-refractivity contribution < 1.29 is 17.9 Å². The fourth-order valence-corrected chi connectivity index (χ4v) is 4.58. The zero-order valence-corrected chi connectivity index (χ0v) is 15.7. The molecule has 0 unspecified atom stereocenters. The molecule has 1 amide bonds. The van der Waals surface area contributed by atoms with E-state index in [1.807, 2.05) is 19.1 Å². The summed E-state index contributed by atoms with van der Waals surface area (Å²) < 4.78 is 32.2. The van der Waals surface area contributed by atoms with Gasteiger partial charge in [-0.05, 0) is 30.7 Å². The molecule has 1 saturated heterocycles. The summed E-state index contributed by atoms with van der Waals surface area (Å²) in [6.07, 6.45) is 0. The summed E-state index contributed by atoms with van der Waals surface area (Å²) in [6, 6.07) is 13.8.